The number of carbonyl (C=O) groups excluding carboxylic acids is 6. The fraction of sp³-hybridized carbons (Fsp3) is 0.577. The quantitative estimate of drug-likeness (QED) is 0.0830. The van der Waals surface area contributed by atoms with Crippen molar-refractivity contribution in [2.24, 2.45) is 17.3 Å². The Bertz CT molecular complexity index is 2420. The summed E-state index contributed by atoms with van der Waals surface area (Å²) in [6.07, 6.45) is 12.6. The maximum atomic E-state index is 15.3. The van der Waals surface area contributed by atoms with Gasteiger partial charge >= 0.3 is 0 Å². The third kappa shape index (κ3) is 9.76. The van der Waals surface area contributed by atoms with Crippen LogP contribution in [0.15, 0.2) is 60.5 Å². The molecule has 9 rings (SSSR count). The second kappa shape index (κ2) is 21.3. The van der Waals surface area contributed by atoms with Crippen LogP contribution in [0.2, 0.25) is 5.02 Å². The normalized spacial score (nSPS) is 28.9. The van der Waals surface area contributed by atoms with E-state index in [0.717, 1.165) is 36.1 Å². The molecule has 16 nitrogen and oxygen atoms in total. The maximum Gasteiger partial charge on any atom is 0.255 e. The van der Waals surface area contributed by atoms with Crippen molar-refractivity contribution in [3.8, 4) is 0 Å². The topological polar surface area (TPSA) is 206 Å². The lowest BCUT2D eigenvalue weighted by Gasteiger charge is -2.50. The van der Waals surface area contributed by atoms with E-state index >= 15 is 4.39 Å². The lowest BCUT2D eigenvalue weighted by molar-refractivity contribution is -0.137. The summed E-state index contributed by atoms with van der Waals surface area (Å²) in [5.74, 6) is -2.54. The van der Waals surface area contributed by atoms with Crippen LogP contribution in [0.3, 0.4) is 0 Å². The lowest BCUT2D eigenvalue weighted by Crippen LogP contribution is -2.62. The van der Waals surface area contributed by atoms with Gasteiger partial charge in [-0.25, -0.2) is 4.39 Å². The summed E-state index contributed by atoms with van der Waals surface area (Å²) in [6, 6.07) is 9.35. The van der Waals surface area contributed by atoms with Gasteiger partial charge < -0.3 is 40.4 Å². The molecule has 6 amide bonds. The highest BCUT2D eigenvalue weighted by atomic mass is 35.5. The van der Waals surface area contributed by atoms with Crippen molar-refractivity contribution in [1.82, 2.24) is 26.2 Å². The van der Waals surface area contributed by atoms with Crippen molar-refractivity contribution in [2.45, 2.75) is 120 Å². The third-order valence-electron chi connectivity index (χ3n) is 15.9. The number of benzene rings is 2. The number of halogens is 2. The molecule has 376 valence electrons. The van der Waals surface area contributed by atoms with Crippen LogP contribution in [-0.4, -0.2) is 117 Å². The van der Waals surface area contributed by atoms with Gasteiger partial charge in [-0.15, -0.1) is 0 Å². The van der Waals surface area contributed by atoms with Crippen molar-refractivity contribution in [2.75, 3.05) is 63.4 Å². The monoisotopic (exact) mass is 985 g/mol. The zero-order valence-corrected chi connectivity index (χ0v) is 40.6. The van der Waals surface area contributed by atoms with Gasteiger partial charge in [0.25, 0.3) is 5.91 Å². The first kappa shape index (κ1) is 49.8. The van der Waals surface area contributed by atoms with Crippen LogP contribution >= 0.6 is 11.6 Å². The number of fused-ring (bicyclic) bond motifs is 4. The van der Waals surface area contributed by atoms with Crippen LogP contribution in [0.4, 0.5) is 15.8 Å². The molecule has 2 aromatic carbocycles. The van der Waals surface area contributed by atoms with E-state index in [1.54, 1.807) is 36.4 Å². The summed E-state index contributed by atoms with van der Waals surface area (Å²) in [5.41, 5.74) is 0.908. The molecule has 18 heteroatoms. The standard InChI is InChI=1S/C52H65ClFN7O9/c1-50(18-6-7-34(54)30-50)44-43(60-51(19-3-2-4-20-51)52(44)38-15-12-33(53)29-40(38)58-49(52)67)47(65)57-35-13-10-32(11-14-35)45(63)56-22-24-69-26-28-70-27-25-68-23-21-55-39-9-5-8-36-37(39)31-61(48(36)66)41-16-17-42(62)59-46(41)64/h5-9,12,15,29-30,32,35,41,43-44,55,60H,2-4,10-11,13-14,16-28,31H2,1H3,(H,56,63)(H,57,65)(H,58,67)(H,59,62,64)/t32?,35?,41?,43-,44-,50?,52-/m1/s1. The van der Waals surface area contributed by atoms with Crippen LogP contribution in [0.25, 0.3) is 0 Å². The van der Waals surface area contributed by atoms with Gasteiger partial charge in [0.1, 0.15) is 17.3 Å². The van der Waals surface area contributed by atoms with Crippen LogP contribution in [0, 0.1) is 17.3 Å². The fourth-order valence-corrected chi connectivity index (χ4v) is 12.9. The van der Waals surface area contributed by atoms with Crippen LogP contribution in [-0.2, 0) is 50.1 Å². The lowest BCUT2D eigenvalue weighted by atomic mass is 9.50. The van der Waals surface area contributed by atoms with Crippen molar-refractivity contribution in [3.05, 3.63) is 82.2 Å². The number of carbonyl (C=O) groups is 6. The van der Waals surface area contributed by atoms with E-state index in [2.05, 4.69) is 31.9 Å². The summed E-state index contributed by atoms with van der Waals surface area (Å²) in [7, 11) is 0. The van der Waals surface area contributed by atoms with Crippen LogP contribution in [0.5, 0.6) is 0 Å². The predicted molar refractivity (Wildman–Crippen MR) is 259 cm³/mol. The second-order valence-electron chi connectivity index (χ2n) is 20.2. The molecule has 0 radical (unpaired) electrons. The molecule has 4 heterocycles. The van der Waals surface area contributed by atoms with Gasteiger partial charge in [0, 0.05) is 77.0 Å². The van der Waals surface area contributed by atoms with Crippen molar-refractivity contribution in [1.29, 1.82) is 0 Å². The van der Waals surface area contributed by atoms with E-state index in [-0.39, 0.29) is 53.7 Å². The predicted octanol–water partition coefficient (Wildman–Crippen LogP) is 5.35. The molecule has 3 aliphatic carbocycles. The van der Waals surface area contributed by atoms with E-state index in [9.17, 15) is 28.8 Å². The van der Waals surface area contributed by atoms with Gasteiger partial charge in [0.05, 0.1) is 45.7 Å². The Hall–Kier alpha value is -5.20. The van der Waals surface area contributed by atoms with Crippen LogP contribution < -0.4 is 31.9 Å². The first-order valence-electron chi connectivity index (χ1n) is 25.1. The number of nitrogens with one attached hydrogen (secondary N) is 6. The average Bonchev–Trinajstić information content (AvgIpc) is 3.94. The van der Waals surface area contributed by atoms with Crippen molar-refractivity contribution < 1.29 is 47.4 Å². The molecule has 4 fully saturated rings. The zero-order valence-electron chi connectivity index (χ0n) is 39.8. The van der Waals surface area contributed by atoms with Gasteiger partial charge in [0.2, 0.25) is 29.5 Å². The molecule has 2 aromatic rings. The van der Waals surface area contributed by atoms with Crippen molar-refractivity contribution in [3.63, 3.8) is 0 Å². The number of imide groups is 1. The third-order valence-corrected chi connectivity index (χ3v) is 16.1. The molecule has 0 aromatic heterocycles. The number of rotatable bonds is 18. The maximum absolute atomic E-state index is 15.3. The zero-order chi connectivity index (χ0) is 49.0. The van der Waals surface area contributed by atoms with E-state index in [0.29, 0.717) is 127 Å². The Kier molecular flexibility index (Phi) is 15.1. The number of hydrogen-bond acceptors (Lipinski definition) is 11. The first-order valence-corrected chi connectivity index (χ1v) is 25.5. The van der Waals surface area contributed by atoms with Gasteiger partial charge in [0.15, 0.2) is 0 Å². The number of nitrogens with zero attached hydrogens (tertiary/aromatic N) is 1. The molecule has 4 aliphatic heterocycles. The second-order valence-corrected chi connectivity index (χ2v) is 20.6. The van der Waals surface area contributed by atoms with E-state index in [1.807, 2.05) is 19.1 Å². The molecular weight excluding hydrogens is 921 g/mol. The Morgan fingerprint density at radius 2 is 1.60 bits per heavy atom. The van der Waals surface area contributed by atoms with E-state index in [4.69, 9.17) is 25.8 Å². The first-order chi connectivity index (χ1) is 33.8. The van der Waals surface area contributed by atoms with Crippen LogP contribution in [0.1, 0.15) is 105 Å². The number of anilines is 2. The average molecular weight is 987 g/mol. The molecule has 6 N–H and O–H groups in total. The molecule has 2 spiro atoms. The molecule has 7 aliphatic rings. The van der Waals surface area contributed by atoms with Crippen molar-refractivity contribution >= 4 is 58.4 Å². The fourth-order valence-electron chi connectivity index (χ4n) is 12.7. The number of piperidine rings is 1. The Balaban J connectivity index is 0.673. The molecular formula is C52H65ClFN7O9. The number of hydrogen-bond donors (Lipinski definition) is 6. The number of amides is 6. The Morgan fingerprint density at radius 3 is 2.33 bits per heavy atom. The summed E-state index contributed by atoms with van der Waals surface area (Å²) < 4.78 is 32.3. The summed E-state index contributed by atoms with van der Waals surface area (Å²) in [5, 5.41) is 19.4. The van der Waals surface area contributed by atoms with Gasteiger partial charge in [-0.05, 0) is 98.8 Å². The molecule has 2 unspecified atom stereocenters. The molecule has 0 bridgehead atoms. The molecule has 2 saturated heterocycles. The number of allylic oxidation sites excluding steroid dienone is 4. The van der Waals surface area contributed by atoms with Gasteiger partial charge in [-0.3, -0.25) is 39.4 Å². The van der Waals surface area contributed by atoms with E-state index in [1.165, 1.54) is 11.0 Å². The Morgan fingerprint density at radius 1 is 0.871 bits per heavy atom. The summed E-state index contributed by atoms with van der Waals surface area (Å²) in [4.78, 5) is 81.3. The molecule has 5 atom stereocenters. The van der Waals surface area contributed by atoms with Gasteiger partial charge in [-0.2, -0.15) is 0 Å². The smallest absolute Gasteiger partial charge is 0.255 e. The summed E-state index contributed by atoms with van der Waals surface area (Å²) >= 11 is 6.45. The highest BCUT2D eigenvalue weighted by molar-refractivity contribution is 6.31. The Labute approximate surface area is 413 Å². The SMILES string of the molecule is CC1([C@H]2[C@H](C(=O)NC3CCC(C(=O)NCCOCCOCCOCCNc4cccc5c4CN(C4CCC(=O)NC4=O)C5=O)CC3)NC3(CCCCC3)[C@@]23C(=O)Nc2cc(Cl)ccc23)C=C(F)C=CC1. The largest absolute Gasteiger partial charge is 0.382 e. The minimum atomic E-state index is -1.14. The number of ether oxygens (including phenoxy) is 3. The minimum absolute atomic E-state index is 0.0348. The summed E-state index contributed by atoms with van der Waals surface area (Å²) in [6.45, 7) is 5.39. The molecule has 2 saturated carbocycles. The van der Waals surface area contributed by atoms with Gasteiger partial charge in [-0.1, -0.05) is 56.0 Å². The highest BCUT2D eigenvalue weighted by Crippen LogP contribution is 2.64. The molecule has 70 heavy (non-hydrogen) atoms. The minimum Gasteiger partial charge on any atom is -0.382 e. The highest BCUT2D eigenvalue weighted by Gasteiger charge is 2.74. The van der Waals surface area contributed by atoms with E-state index < -0.39 is 40.3 Å².